The molecule has 0 spiro atoms. The fourth-order valence-electron chi connectivity index (χ4n) is 5.95. The number of halogens is 1. The lowest BCUT2D eigenvalue weighted by molar-refractivity contribution is -0.130. The van der Waals surface area contributed by atoms with Gasteiger partial charge in [0.2, 0.25) is 5.91 Å². The van der Waals surface area contributed by atoms with E-state index < -0.39 is 6.10 Å². The predicted molar refractivity (Wildman–Crippen MR) is 164 cm³/mol. The second kappa shape index (κ2) is 13.4. The number of aliphatic hydroxyl groups is 1. The number of aliphatic hydroxyl groups excluding tert-OH is 1. The van der Waals surface area contributed by atoms with Crippen LogP contribution in [-0.4, -0.2) is 72.3 Å². The summed E-state index contributed by atoms with van der Waals surface area (Å²) in [6.07, 6.45) is 7.07. The van der Waals surface area contributed by atoms with Crippen molar-refractivity contribution in [2.24, 2.45) is 4.99 Å². The van der Waals surface area contributed by atoms with Crippen molar-refractivity contribution in [3.8, 4) is 0 Å². The molecule has 0 radical (unpaired) electrons. The molecule has 0 saturated carbocycles. The lowest BCUT2D eigenvalue weighted by Crippen LogP contribution is -2.50. The third-order valence-electron chi connectivity index (χ3n) is 8.28. The molecule has 7 heteroatoms. The molecule has 1 saturated heterocycles. The van der Waals surface area contributed by atoms with Crippen molar-refractivity contribution in [2.75, 3.05) is 33.2 Å². The number of carbonyl (C=O) groups excluding carboxylic acids is 2. The lowest BCUT2D eigenvalue weighted by Gasteiger charge is -2.34. The summed E-state index contributed by atoms with van der Waals surface area (Å²) in [5.74, 6) is -0.247. The molecule has 218 valence electrons. The maximum absolute atomic E-state index is 15.1. The van der Waals surface area contributed by atoms with Crippen LogP contribution in [0.5, 0.6) is 0 Å². The molecule has 2 aliphatic rings. The molecule has 1 aliphatic heterocycles. The summed E-state index contributed by atoms with van der Waals surface area (Å²) in [5, 5.41) is 10.8. The normalized spacial score (nSPS) is 18.4. The molecule has 6 nitrogen and oxygen atoms in total. The Morgan fingerprint density at radius 2 is 1.71 bits per heavy atom. The smallest absolute Gasteiger partial charge is 0.253 e. The highest BCUT2D eigenvalue weighted by Crippen LogP contribution is 2.43. The number of benzene rings is 2. The van der Waals surface area contributed by atoms with Crippen molar-refractivity contribution in [1.82, 2.24) is 9.80 Å². The highest BCUT2D eigenvalue weighted by atomic mass is 19.1. The van der Waals surface area contributed by atoms with Gasteiger partial charge in [-0.1, -0.05) is 31.6 Å². The van der Waals surface area contributed by atoms with Gasteiger partial charge in [-0.2, -0.15) is 0 Å². The fraction of sp³-hybridized carbons (Fsp3) is 0.441. The first-order chi connectivity index (χ1) is 19.7. The molecule has 2 amide bonds. The Kier molecular flexibility index (Phi) is 9.92. The van der Waals surface area contributed by atoms with Gasteiger partial charge in [0.1, 0.15) is 5.82 Å². The van der Waals surface area contributed by atoms with Crippen LogP contribution in [0.2, 0.25) is 0 Å². The van der Waals surface area contributed by atoms with Crippen molar-refractivity contribution in [3.05, 3.63) is 81.2 Å². The minimum Gasteiger partial charge on any atom is -0.393 e. The fourth-order valence-corrected chi connectivity index (χ4v) is 5.95. The SMILES string of the molecule is CCC/C=C(/C1=C(c2c(C)c(F)cc(C)c2C=NC)CCC(O)C1)c1ccc(C(=O)N2CCN(C(C)=O)CC2)cc1. The topological polar surface area (TPSA) is 73.2 Å². The average molecular weight is 560 g/mol. The summed E-state index contributed by atoms with van der Waals surface area (Å²) in [4.78, 5) is 32.7. The largest absolute Gasteiger partial charge is 0.393 e. The van der Waals surface area contributed by atoms with Crippen LogP contribution < -0.4 is 0 Å². The molecular weight excluding hydrogens is 517 g/mol. The summed E-state index contributed by atoms with van der Waals surface area (Å²) < 4.78 is 15.1. The van der Waals surface area contributed by atoms with E-state index in [9.17, 15) is 14.7 Å². The molecule has 1 heterocycles. The Hall–Kier alpha value is -3.58. The van der Waals surface area contributed by atoms with E-state index in [-0.39, 0.29) is 17.6 Å². The van der Waals surface area contributed by atoms with Crippen LogP contribution in [0.25, 0.3) is 11.1 Å². The van der Waals surface area contributed by atoms with E-state index in [1.807, 2.05) is 38.1 Å². The lowest BCUT2D eigenvalue weighted by atomic mass is 9.77. The van der Waals surface area contributed by atoms with Gasteiger partial charge < -0.3 is 14.9 Å². The van der Waals surface area contributed by atoms with E-state index in [0.29, 0.717) is 56.6 Å². The summed E-state index contributed by atoms with van der Waals surface area (Å²) >= 11 is 0. The Bertz CT molecular complexity index is 1380. The number of piperazine rings is 1. The second-order valence-electron chi connectivity index (χ2n) is 11.1. The number of hydrogen-bond donors (Lipinski definition) is 1. The van der Waals surface area contributed by atoms with Crippen LogP contribution >= 0.6 is 0 Å². The van der Waals surface area contributed by atoms with Crippen molar-refractivity contribution in [3.63, 3.8) is 0 Å². The molecule has 0 bridgehead atoms. The molecular formula is C34H42FN3O3. The number of hydrogen-bond acceptors (Lipinski definition) is 4. The van der Waals surface area contributed by atoms with Crippen molar-refractivity contribution >= 4 is 29.2 Å². The van der Waals surface area contributed by atoms with Gasteiger partial charge >= 0.3 is 0 Å². The number of allylic oxidation sites excluding steroid dienone is 3. The van der Waals surface area contributed by atoms with Crippen LogP contribution in [0.4, 0.5) is 4.39 Å². The summed E-state index contributed by atoms with van der Waals surface area (Å²) in [6.45, 7) is 9.54. The van der Waals surface area contributed by atoms with E-state index in [2.05, 4.69) is 18.0 Å². The van der Waals surface area contributed by atoms with Crippen molar-refractivity contribution < 1.29 is 19.1 Å². The van der Waals surface area contributed by atoms with Crippen molar-refractivity contribution in [2.45, 2.75) is 65.9 Å². The van der Waals surface area contributed by atoms with Gasteiger partial charge in [0.25, 0.3) is 5.91 Å². The highest BCUT2D eigenvalue weighted by molar-refractivity contribution is 5.98. The van der Waals surface area contributed by atoms with E-state index in [0.717, 1.165) is 51.8 Å². The first-order valence-corrected chi connectivity index (χ1v) is 14.6. The maximum atomic E-state index is 15.1. The Balaban J connectivity index is 1.76. The number of aryl methyl sites for hydroxylation is 1. The van der Waals surface area contributed by atoms with Crippen LogP contribution in [0.15, 0.2) is 47.0 Å². The Morgan fingerprint density at radius 3 is 2.32 bits per heavy atom. The van der Waals surface area contributed by atoms with Gasteiger partial charge in [0.05, 0.1) is 6.10 Å². The van der Waals surface area contributed by atoms with Crippen LogP contribution in [0.1, 0.15) is 84.1 Å². The molecule has 1 fully saturated rings. The monoisotopic (exact) mass is 559 g/mol. The molecule has 4 rings (SSSR count). The van der Waals surface area contributed by atoms with Crippen LogP contribution in [-0.2, 0) is 4.79 Å². The number of amides is 2. The molecule has 1 atom stereocenters. The summed E-state index contributed by atoms with van der Waals surface area (Å²) in [6, 6.07) is 9.24. The zero-order valence-corrected chi connectivity index (χ0v) is 25.0. The molecule has 2 aromatic carbocycles. The zero-order valence-electron chi connectivity index (χ0n) is 25.0. The zero-order chi connectivity index (χ0) is 29.7. The van der Waals surface area contributed by atoms with E-state index in [1.54, 1.807) is 36.1 Å². The number of unbranched alkanes of at least 4 members (excludes halogenated alkanes) is 1. The first-order valence-electron chi connectivity index (χ1n) is 14.6. The van der Waals surface area contributed by atoms with Crippen molar-refractivity contribution in [1.29, 1.82) is 0 Å². The first kappa shape index (κ1) is 30.4. The van der Waals surface area contributed by atoms with Gasteiger partial charge in [-0.05, 0) is 96.7 Å². The quantitative estimate of drug-likeness (QED) is 0.425. The van der Waals surface area contributed by atoms with Gasteiger partial charge in [-0.25, -0.2) is 4.39 Å². The average Bonchev–Trinajstić information content (AvgIpc) is 2.97. The summed E-state index contributed by atoms with van der Waals surface area (Å²) in [5.41, 5.74) is 7.88. The minimum absolute atomic E-state index is 0.0343. The number of aliphatic imine (C=N–C) groups is 1. The van der Waals surface area contributed by atoms with Gasteiger partial charge in [-0.15, -0.1) is 0 Å². The standard InChI is InChI=1S/C34H42FN3O3/c1-6-7-8-28(25-9-11-26(12-10-25)34(41)38-17-15-37(16-18-38)24(4)39)30-20-27(40)13-14-29(30)33-23(3)32(35)19-22(2)31(33)21-36-5/h8-12,19,21,27,40H,6-7,13-18,20H2,1-5H3/b28-8+,36-21?. The third kappa shape index (κ3) is 6.67. The third-order valence-corrected chi connectivity index (χ3v) is 8.28. The van der Waals surface area contributed by atoms with Crippen LogP contribution in [0, 0.1) is 19.7 Å². The second-order valence-corrected chi connectivity index (χ2v) is 11.1. The molecule has 1 unspecified atom stereocenters. The number of rotatable bonds is 7. The highest BCUT2D eigenvalue weighted by Gasteiger charge is 2.28. The summed E-state index contributed by atoms with van der Waals surface area (Å²) in [7, 11) is 1.72. The van der Waals surface area contributed by atoms with E-state index in [1.165, 1.54) is 0 Å². The Labute approximate surface area is 243 Å². The molecule has 0 aromatic heterocycles. The molecule has 2 aromatic rings. The van der Waals surface area contributed by atoms with Crippen LogP contribution in [0.3, 0.4) is 0 Å². The Morgan fingerprint density at radius 1 is 1.07 bits per heavy atom. The van der Waals surface area contributed by atoms with Gasteiger partial charge in [-0.3, -0.25) is 14.6 Å². The van der Waals surface area contributed by atoms with Gasteiger partial charge in [0.15, 0.2) is 0 Å². The minimum atomic E-state index is -0.480. The number of nitrogens with zero attached hydrogens (tertiary/aromatic N) is 3. The maximum Gasteiger partial charge on any atom is 0.253 e. The van der Waals surface area contributed by atoms with E-state index in [4.69, 9.17) is 0 Å². The molecule has 1 N–H and O–H groups in total. The predicted octanol–water partition coefficient (Wildman–Crippen LogP) is 5.98. The molecule has 41 heavy (non-hydrogen) atoms. The number of carbonyl (C=O) groups is 2. The molecule has 1 aliphatic carbocycles. The van der Waals surface area contributed by atoms with Gasteiger partial charge in [0, 0.05) is 57.5 Å². The van der Waals surface area contributed by atoms with E-state index >= 15 is 4.39 Å².